The first-order valence-electron chi connectivity index (χ1n) is 6.30. The molecule has 1 fully saturated rings. The minimum atomic E-state index is 0.315. The maximum absolute atomic E-state index is 5.99. The minimum Gasteiger partial charge on any atom is -0.396 e. The Hall–Kier alpha value is -1.29. The van der Waals surface area contributed by atoms with E-state index in [9.17, 15) is 0 Å². The van der Waals surface area contributed by atoms with E-state index < -0.39 is 0 Å². The van der Waals surface area contributed by atoms with Crippen molar-refractivity contribution in [2.75, 3.05) is 30.3 Å². The second-order valence-electron chi connectivity index (χ2n) is 4.53. The Morgan fingerprint density at radius 2 is 2.35 bits per heavy atom. The van der Waals surface area contributed by atoms with E-state index >= 15 is 0 Å². The van der Waals surface area contributed by atoms with Crippen molar-refractivity contribution in [3.63, 3.8) is 0 Å². The van der Waals surface area contributed by atoms with Crippen molar-refractivity contribution >= 4 is 11.5 Å². The summed E-state index contributed by atoms with van der Waals surface area (Å²) < 4.78 is 5.69. The monoisotopic (exact) mass is 235 g/mol. The van der Waals surface area contributed by atoms with Crippen molar-refractivity contribution < 1.29 is 4.74 Å². The number of anilines is 2. The van der Waals surface area contributed by atoms with Crippen molar-refractivity contribution in [2.24, 2.45) is 0 Å². The Labute approximate surface area is 103 Å². The van der Waals surface area contributed by atoms with Gasteiger partial charge in [0.2, 0.25) is 0 Å². The molecule has 0 aliphatic carbocycles. The number of rotatable bonds is 3. The van der Waals surface area contributed by atoms with E-state index in [-0.39, 0.29) is 0 Å². The summed E-state index contributed by atoms with van der Waals surface area (Å²) in [6.45, 7) is 6.72. The van der Waals surface area contributed by atoms with Crippen LogP contribution in [0.5, 0.6) is 0 Å². The Morgan fingerprint density at radius 3 is 3.12 bits per heavy atom. The normalized spacial score (nSPS) is 20.6. The smallest absolute Gasteiger partial charge is 0.152 e. The Morgan fingerprint density at radius 1 is 1.53 bits per heavy atom. The lowest BCUT2D eigenvalue weighted by molar-refractivity contribution is 0.0525. The van der Waals surface area contributed by atoms with Crippen molar-refractivity contribution in [1.82, 2.24) is 4.98 Å². The average molecular weight is 235 g/mol. The molecule has 1 unspecified atom stereocenters. The molecule has 4 nitrogen and oxygen atoms in total. The van der Waals surface area contributed by atoms with Crippen molar-refractivity contribution in [3.8, 4) is 0 Å². The summed E-state index contributed by atoms with van der Waals surface area (Å²) in [4.78, 5) is 6.78. The Kier molecular flexibility index (Phi) is 3.84. The molecule has 1 aromatic heterocycles. The molecule has 4 heteroatoms. The van der Waals surface area contributed by atoms with Crippen LogP contribution in [0, 0.1) is 6.92 Å². The van der Waals surface area contributed by atoms with Crippen molar-refractivity contribution in [1.29, 1.82) is 0 Å². The van der Waals surface area contributed by atoms with Gasteiger partial charge in [-0.1, -0.05) is 0 Å². The molecule has 1 atom stereocenters. The third-order valence-corrected chi connectivity index (χ3v) is 3.12. The topological polar surface area (TPSA) is 51.4 Å². The molecular formula is C13H21N3O. The van der Waals surface area contributed by atoms with Crippen LogP contribution in [0.15, 0.2) is 12.1 Å². The van der Waals surface area contributed by atoms with Crippen LogP contribution >= 0.6 is 0 Å². The average Bonchev–Trinajstić information content (AvgIpc) is 2.33. The number of piperidine rings is 1. The zero-order chi connectivity index (χ0) is 12.3. The number of hydrogen-bond donors (Lipinski definition) is 1. The maximum atomic E-state index is 5.99. The van der Waals surface area contributed by atoms with Crippen LogP contribution in [-0.4, -0.2) is 30.8 Å². The Balaban J connectivity index is 2.13. The Bertz CT molecular complexity index is 379. The molecule has 1 saturated heterocycles. The molecule has 0 bridgehead atoms. The van der Waals surface area contributed by atoms with Crippen LogP contribution in [0.25, 0.3) is 0 Å². The number of hydrogen-bond acceptors (Lipinski definition) is 4. The lowest BCUT2D eigenvalue weighted by Crippen LogP contribution is -2.40. The van der Waals surface area contributed by atoms with Gasteiger partial charge in [-0.3, -0.25) is 0 Å². The molecule has 1 aliphatic rings. The molecule has 0 radical (unpaired) electrons. The van der Waals surface area contributed by atoms with Gasteiger partial charge in [-0.25, -0.2) is 4.98 Å². The number of aromatic nitrogens is 1. The van der Waals surface area contributed by atoms with Crippen molar-refractivity contribution in [2.45, 2.75) is 32.8 Å². The van der Waals surface area contributed by atoms with Crippen molar-refractivity contribution in [3.05, 3.63) is 17.8 Å². The standard InChI is InChI=1S/C13H21N3O/c1-3-17-11-5-4-8-16(9-11)13-12(14)7-6-10(2)15-13/h6-7,11H,3-5,8-9,14H2,1-2H3. The van der Waals surface area contributed by atoms with Gasteiger partial charge in [-0.05, 0) is 38.8 Å². The zero-order valence-electron chi connectivity index (χ0n) is 10.6. The predicted molar refractivity (Wildman–Crippen MR) is 70.2 cm³/mol. The van der Waals surface area contributed by atoms with Gasteiger partial charge in [0.15, 0.2) is 5.82 Å². The van der Waals surface area contributed by atoms with Gasteiger partial charge in [0.05, 0.1) is 11.8 Å². The fourth-order valence-corrected chi connectivity index (χ4v) is 2.31. The largest absolute Gasteiger partial charge is 0.396 e. The lowest BCUT2D eigenvalue weighted by Gasteiger charge is -2.34. The number of nitrogens with zero attached hydrogens (tertiary/aromatic N) is 2. The van der Waals surface area contributed by atoms with E-state index in [0.717, 1.165) is 49.7 Å². The SMILES string of the molecule is CCOC1CCCN(c2nc(C)ccc2N)C1. The van der Waals surface area contributed by atoms with Gasteiger partial charge in [0.25, 0.3) is 0 Å². The van der Waals surface area contributed by atoms with Gasteiger partial charge < -0.3 is 15.4 Å². The molecular weight excluding hydrogens is 214 g/mol. The van der Waals surface area contributed by atoms with Crippen LogP contribution in [0.4, 0.5) is 11.5 Å². The second-order valence-corrected chi connectivity index (χ2v) is 4.53. The predicted octanol–water partition coefficient (Wildman–Crippen LogP) is 1.98. The van der Waals surface area contributed by atoms with Gasteiger partial charge in [0.1, 0.15) is 0 Å². The molecule has 0 aromatic carbocycles. The fraction of sp³-hybridized carbons (Fsp3) is 0.615. The molecule has 2 heterocycles. The minimum absolute atomic E-state index is 0.315. The van der Waals surface area contributed by atoms with Crippen LogP contribution in [0.2, 0.25) is 0 Å². The summed E-state index contributed by atoms with van der Waals surface area (Å²) in [5, 5.41) is 0. The van der Waals surface area contributed by atoms with Crippen LogP contribution in [0.1, 0.15) is 25.5 Å². The first-order valence-corrected chi connectivity index (χ1v) is 6.30. The summed E-state index contributed by atoms with van der Waals surface area (Å²) in [5.74, 6) is 0.911. The molecule has 0 saturated carbocycles. The molecule has 0 spiro atoms. The zero-order valence-corrected chi connectivity index (χ0v) is 10.6. The number of aryl methyl sites for hydroxylation is 1. The van der Waals surface area contributed by atoms with Gasteiger partial charge in [-0.15, -0.1) is 0 Å². The molecule has 2 rings (SSSR count). The van der Waals surface area contributed by atoms with E-state index in [4.69, 9.17) is 10.5 Å². The summed E-state index contributed by atoms with van der Waals surface area (Å²) >= 11 is 0. The molecule has 1 aliphatic heterocycles. The molecule has 17 heavy (non-hydrogen) atoms. The third-order valence-electron chi connectivity index (χ3n) is 3.12. The molecule has 0 amide bonds. The highest BCUT2D eigenvalue weighted by atomic mass is 16.5. The highest BCUT2D eigenvalue weighted by molar-refractivity contribution is 5.63. The summed E-state index contributed by atoms with van der Waals surface area (Å²) in [6, 6.07) is 3.88. The van der Waals surface area contributed by atoms with E-state index in [0.29, 0.717) is 6.10 Å². The summed E-state index contributed by atoms with van der Waals surface area (Å²) in [7, 11) is 0. The summed E-state index contributed by atoms with van der Waals surface area (Å²) in [6.07, 6.45) is 2.59. The number of ether oxygens (including phenoxy) is 1. The van der Waals surface area contributed by atoms with E-state index in [1.165, 1.54) is 0 Å². The summed E-state index contributed by atoms with van der Waals surface area (Å²) in [5.41, 5.74) is 7.76. The lowest BCUT2D eigenvalue weighted by atomic mass is 10.1. The van der Waals surface area contributed by atoms with E-state index in [1.807, 2.05) is 26.0 Å². The number of pyridine rings is 1. The van der Waals surface area contributed by atoms with E-state index in [2.05, 4.69) is 9.88 Å². The number of nitrogens with two attached hydrogens (primary N) is 1. The fourth-order valence-electron chi connectivity index (χ4n) is 2.31. The highest BCUT2D eigenvalue weighted by Gasteiger charge is 2.22. The second kappa shape index (κ2) is 5.36. The number of nitrogen functional groups attached to an aromatic ring is 1. The first-order chi connectivity index (χ1) is 8.20. The van der Waals surface area contributed by atoms with Gasteiger partial charge in [-0.2, -0.15) is 0 Å². The highest BCUT2D eigenvalue weighted by Crippen LogP contribution is 2.25. The quantitative estimate of drug-likeness (QED) is 0.870. The molecule has 94 valence electrons. The van der Waals surface area contributed by atoms with E-state index in [1.54, 1.807) is 0 Å². The van der Waals surface area contributed by atoms with Crippen LogP contribution in [-0.2, 0) is 4.74 Å². The van der Waals surface area contributed by atoms with Gasteiger partial charge in [0, 0.05) is 25.4 Å². The molecule has 1 aromatic rings. The van der Waals surface area contributed by atoms with Gasteiger partial charge >= 0.3 is 0 Å². The van der Waals surface area contributed by atoms with Crippen LogP contribution in [0.3, 0.4) is 0 Å². The third kappa shape index (κ3) is 2.88. The molecule has 2 N–H and O–H groups in total. The first kappa shape index (κ1) is 12.2. The van der Waals surface area contributed by atoms with Crippen LogP contribution < -0.4 is 10.6 Å². The maximum Gasteiger partial charge on any atom is 0.152 e.